The maximum Gasteiger partial charge on any atom is 0.387 e. The molecule has 2 atom stereocenters. The highest BCUT2D eigenvalue weighted by Crippen LogP contribution is 2.41. The summed E-state index contributed by atoms with van der Waals surface area (Å²) >= 11 is 0. The number of fused-ring (bicyclic) bond motifs is 3. The fourth-order valence-electron chi connectivity index (χ4n) is 4.12. The summed E-state index contributed by atoms with van der Waals surface area (Å²) in [6.45, 7) is -3.09. The van der Waals surface area contributed by atoms with Crippen molar-refractivity contribution in [3.8, 4) is 11.5 Å². The van der Waals surface area contributed by atoms with Crippen molar-refractivity contribution in [1.82, 2.24) is 9.58 Å². The number of aromatic nitrogens is 1. The van der Waals surface area contributed by atoms with Crippen molar-refractivity contribution < 1.29 is 27.8 Å². The van der Waals surface area contributed by atoms with Crippen molar-refractivity contribution in [3.05, 3.63) is 57.8 Å². The van der Waals surface area contributed by atoms with Gasteiger partial charge in [0, 0.05) is 24.9 Å². The molecule has 0 saturated carbocycles. The van der Waals surface area contributed by atoms with Gasteiger partial charge in [0.1, 0.15) is 17.7 Å². The summed E-state index contributed by atoms with van der Waals surface area (Å²) in [5, 5.41) is 11.9. The molecule has 3 heterocycles. The first-order chi connectivity index (χ1) is 13.8. The molecule has 154 valence electrons. The largest absolute Gasteiger partial charge is 0.502 e. The van der Waals surface area contributed by atoms with Gasteiger partial charge in [-0.25, -0.2) is 4.39 Å². The van der Waals surface area contributed by atoms with Crippen molar-refractivity contribution >= 4 is 5.91 Å². The lowest BCUT2D eigenvalue weighted by molar-refractivity contribution is -0.0509. The molecule has 0 radical (unpaired) electrons. The third kappa shape index (κ3) is 3.08. The van der Waals surface area contributed by atoms with Crippen molar-refractivity contribution in [2.24, 2.45) is 0 Å². The first-order valence-electron chi connectivity index (χ1n) is 9.04. The molecule has 10 heteroatoms. The van der Waals surface area contributed by atoms with Gasteiger partial charge in [0.15, 0.2) is 11.4 Å². The molecule has 1 aromatic carbocycles. The number of benzene rings is 1. The Bertz CT molecular complexity index is 1030. The van der Waals surface area contributed by atoms with E-state index in [1.54, 1.807) is 5.01 Å². The number of pyridine rings is 1. The van der Waals surface area contributed by atoms with Crippen LogP contribution in [0.2, 0.25) is 0 Å². The maximum atomic E-state index is 14.0. The van der Waals surface area contributed by atoms with E-state index >= 15 is 0 Å². The number of aromatic hydroxyl groups is 1. The van der Waals surface area contributed by atoms with Gasteiger partial charge in [-0.2, -0.15) is 8.78 Å². The normalized spacial score (nSPS) is 21.2. The molecule has 1 N–H and O–H groups in total. The molecule has 2 aliphatic rings. The van der Waals surface area contributed by atoms with E-state index < -0.39 is 41.7 Å². The lowest BCUT2D eigenvalue weighted by atomic mass is 9.93. The fraction of sp³-hybridized carbons (Fsp3) is 0.368. The van der Waals surface area contributed by atoms with Gasteiger partial charge in [-0.05, 0) is 37.5 Å². The van der Waals surface area contributed by atoms with Gasteiger partial charge in [-0.15, -0.1) is 0 Å². The molecule has 1 saturated heterocycles. The van der Waals surface area contributed by atoms with Crippen LogP contribution < -0.4 is 15.2 Å². The van der Waals surface area contributed by atoms with Crippen LogP contribution in [0.3, 0.4) is 0 Å². The summed E-state index contributed by atoms with van der Waals surface area (Å²) in [5.74, 6) is -2.02. The van der Waals surface area contributed by atoms with Gasteiger partial charge < -0.3 is 14.7 Å². The summed E-state index contributed by atoms with van der Waals surface area (Å²) in [4.78, 5) is 26.0. The van der Waals surface area contributed by atoms with Crippen molar-refractivity contribution in [3.63, 3.8) is 0 Å². The topological polar surface area (TPSA) is 75.0 Å². The summed E-state index contributed by atoms with van der Waals surface area (Å²) in [5.41, 5.74) is -0.741. The Kier molecular flexibility index (Phi) is 4.64. The van der Waals surface area contributed by atoms with E-state index in [1.165, 1.54) is 22.8 Å². The number of carbonyl (C=O) groups excluding carboxylic acids is 1. The number of nitrogens with zero attached hydrogens (tertiary/aromatic N) is 3. The number of hydrogen-bond acceptors (Lipinski definition) is 5. The fourth-order valence-corrected chi connectivity index (χ4v) is 4.12. The van der Waals surface area contributed by atoms with Crippen LogP contribution in [-0.2, 0) is 0 Å². The van der Waals surface area contributed by atoms with E-state index in [-0.39, 0.29) is 17.0 Å². The van der Waals surface area contributed by atoms with Gasteiger partial charge in [0.2, 0.25) is 5.43 Å². The predicted octanol–water partition coefficient (Wildman–Crippen LogP) is 2.57. The van der Waals surface area contributed by atoms with Crippen molar-refractivity contribution in [2.75, 3.05) is 12.1 Å². The minimum atomic E-state index is -3.09. The van der Waals surface area contributed by atoms with E-state index in [2.05, 4.69) is 4.74 Å². The van der Waals surface area contributed by atoms with E-state index in [4.69, 9.17) is 0 Å². The maximum absolute atomic E-state index is 14.0. The highest BCUT2D eigenvalue weighted by Gasteiger charge is 2.43. The highest BCUT2D eigenvalue weighted by atomic mass is 19.3. The van der Waals surface area contributed by atoms with Crippen LogP contribution in [0.25, 0.3) is 0 Å². The molecule has 1 aromatic heterocycles. The Morgan fingerprint density at radius 1 is 1.21 bits per heavy atom. The average Bonchev–Trinajstić information content (AvgIpc) is 2.68. The van der Waals surface area contributed by atoms with Crippen LogP contribution in [-0.4, -0.2) is 40.4 Å². The monoisotopic (exact) mass is 409 g/mol. The van der Waals surface area contributed by atoms with Crippen LogP contribution in [0.15, 0.2) is 35.3 Å². The Labute approximate surface area is 163 Å². The predicted molar refractivity (Wildman–Crippen MR) is 96.1 cm³/mol. The molecule has 2 aliphatic heterocycles. The van der Waals surface area contributed by atoms with Crippen LogP contribution in [0.4, 0.5) is 13.2 Å². The second-order valence-corrected chi connectivity index (χ2v) is 7.01. The Morgan fingerprint density at radius 2 is 1.97 bits per heavy atom. The van der Waals surface area contributed by atoms with E-state index in [0.717, 1.165) is 24.3 Å². The average molecular weight is 409 g/mol. The quantitative estimate of drug-likeness (QED) is 0.844. The Balaban J connectivity index is 1.90. The van der Waals surface area contributed by atoms with Crippen molar-refractivity contribution in [1.29, 1.82) is 0 Å². The van der Waals surface area contributed by atoms with E-state index in [0.29, 0.717) is 19.3 Å². The second-order valence-electron chi connectivity index (χ2n) is 7.01. The highest BCUT2D eigenvalue weighted by molar-refractivity contribution is 5.96. The number of amides is 1. The van der Waals surface area contributed by atoms with Crippen LogP contribution >= 0.6 is 0 Å². The van der Waals surface area contributed by atoms with E-state index in [9.17, 15) is 27.9 Å². The zero-order valence-corrected chi connectivity index (χ0v) is 15.4. The standard InChI is InChI=1S/C19H18F3N3O4/c1-23-15-4-2-3-12(11-9-10(20)5-6-14(11)29-19(21)22)25(15)24-8-7-13(26)17(27)16(24)18(23)28/h5-9,12,15,19,27H,2-4H2,1H3. The Morgan fingerprint density at radius 3 is 2.69 bits per heavy atom. The van der Waals surface area contributed by atoms with Gasteiger partial charge in [-0.1, -0.05) is 0 Å². The molecule has 1 amide bonds. The molecule has 1 fully saturated rings. The zero-order chi connectivity index (χ0) is 20.9. The number of alkyl halides is 2. The van der Waals surface area contributed by atoms with Gasteiger partial charge in [0.05, 0.1) is 6.04 Å². The molecule has 7 nitrogen and oxygen atoms in total. The lowest BCUT2D eigenvalue weighted by Crippen LogP contribution is -2.62. The number of carbonyl (C=O) groups is 1. The molecule has 4 rings (SSSR count). The molecule has 0 bridgehead atoms. The minimum Gasteiger partial charge on any atom is -0.502 e. The van der Waals surface area contributed by atoms with E-state index in [1.807, 2.05) is 0 Å². The number of hydrogen-bond donors (Lipinski definition) is 1. The first-order valence-corrected chi connectivity index (χ1v) is 9.04. The van der Waals surface area contributed by atoms with Crippen LogP contribution in [0, 0.1) is 5.82 Å². The summed E-state index contributed by atoms with van der Waals surface area (Å²) in [6, 6.07) is 3.79. The number of ether oxygens (including phenoxy) is 1. The smallest absolute Gasteiger partial charge is 0.387 e. The SMILES string of the molecule is CN1C(=O)c2c(O)c(=O)ccn2N2C(c3cc(F)ccc3OC(F)F)CCCC12. The molecule has 29 heavy (non-hydrogen) atoms. The van der Waals surface area contributed by atoms with Crippen LogP contribution in [0.1, 0.15) is 41.4 Å². The summed E-state index contributed by atoms with van der Waals surface area (Å²) in [7, 11) is 1.53. The lowest BCUT2D eigenvalue weighted by Gasteiger charge is -2.51. The summed E-state index contributed by atoms with van der Waals surface area (Å²) < 4.78 is 45.7. The number of halogens is 3. The zero-order valence-electron chi connectivity index (χ0n) is 15.4. The van der Waals surface area contributed by atoms with Gasteiger partial charge >= 0.3 is 6.61 Å². The third-order valence-corrected chi connectivity index (χ3v) is 5.38. The molecule has 2 aromatic rings. The molecular weight excluding hydrogens is 391 g/mol. The summed E-state index contributed by atoms with van der Waals surface area (Å²) in [6.07, 6.45) is 2.56. The first kappa shape index (κ1) is 19.2. The number of piperidine rings is 1. The van der Waals surface area contributed by atoms with Crippen molar-refractivity contribution in [2.45, 2.75) is 38.1 Å². The van der Waals surface area contributed by atoms with Gasteiger partial charge in [0.25, 0.3) is 5.91 Å². The molecule has 0 spiro atoms. The molecule has 0 aliphatic carbocycles. The second kappa shape index (κ2) is 7.02. The van der Waals surface area contributed by atoms with Crippen LogP contribution in [0.5, 0.6) is 11.5 Å². The Hall–Kier alpha value is -3.17. The molecule has 2 unspecified atom stereocenters. The van der Waals surface area contributed by atoms with Gasteiger partial charge in [-0.3, -0.25) is 19.3 Å². The third-order valence-electron chi connectivity index (χ3n) is 5.38. The molecular formula is C19H18F3N3O4. The minimum absolute atomic E-state index is 0.168. The number of rotatable bonds is 3.